The molecule has 2 heterocycles. The lowest BCUT2D eigenvalue weighted by Gasteiger charge is -2.03. The SMILES string of the molecule is O=c1cc(-c2ccccc2)nc(SCc2nc3cc(Cl)c(Cl)cc3[nH]2)[nH]1. The number of nitrogens with one attached hydrogen (secondary N) is 2. The fourth-order valence-corrected chi connectivity index (χ4v) is 3.59. The Hall–Kier alpha value is -2.28. The van der Waals surface area contributed by atoms with Gasteiger partial charge in [0, 0.05) is 11.6 Å². The van der Waals surface area contributed by atoms with E-state index in [9.17, 15) is 4.79 Å². The van der Waals surface area contributed by atoms with E-state index in [2.05, 4.69) is 19.9 Å². The zero-order valence-electron chi connectivity index (χ0n) is 13.3. The molecule has 0 amide bonds. The lowest BCUT2D eigenvalue weighted by atomic mass is 10.1. The Kier molecular flexibility index (Phi) is 4.72. The van der Waals surface area contributed by atoms with Crippen molar-refractivity contribution in [3.63, 3.8) is 0 Å². The van der Waals surface area contributed by atoms with Crippen LogP contribution in [-0.2, 0) is 5.75 Å². The van der Waals surface area contributed by atoms with E-state index in [0.717, 1.165) is 22.4 Å². The van der Waals surface area contributed by atoms with E-state index in [1.54, 1.807) is 12.1 Å². The van der Waals surface area contributed by atoms with Crippen molar-refractivity contribution in [1.82, 2.24) is 19.9 Å². The molecule has 0 atom stereocenters. The summed E-state index contributed by atoms with van der Waals surface area (Å²) in [5.41, 5.74) is 2.90. The molecule has 0 fully saturated rings. The van der Waals surface area contributed by atoms with Gasteiger partial charge in [-0.15, -0.1) is 0 Å². The smallest absolute Gasteiger partial charge is 0.252 e. The molecule has 4 aromatic rings. The Morgan fingerprint density at radius 2 is 1.73 bits per heavy atom. The van der Waals surface area contributed by atoms with Gasteiger partial charge in [-0.05, 0) is 12.1 Å². The molecule has 4 rings (SSSR count). The summed E-state index contributed by atoms with van der Waals surface area (Å²) in [5, 5.41) is 1.47. The fraction of sp³-hybridized carbons (Fsp3) is 0.0556. The van der Waals surface area contributed by atoms with Crippen LogP contribution < -0.4 is 5.56 Å². The Morgan fingerprint density at radius 3 is 2.54 bits per heavy atom. The van der Waals surface area contributed by atoms with Crippen LogP contribution in [0.15, 0.2) is 58.5 Å². The highest BCUT2D eigenvalue weighted by atomic mass is 35.5. The molecule has 0 aliphatic rings. The van der Waals surface area contributed by atoms with Crippen molar-refractivity contribution < 1.29 is 0 Å². The number of benzene rings is 2. The molecule has 0 saturated carbocycles. The summed E-state index contributed by atoms with van der Waals surface area (Å²) in [6.07, 6.45) is 0. The van der Waals surface area contributed by atoms with Gasteiger partial charge in [0.05, 0.1) is 32.5 Å². The van der Waals surface area contributed by atoms with Crippen LogP contribution >= 0.6 is 35.0 Å². The highest BCUT2D eigenvalue weighted by molar-refractivity contribution is 7.98. The maximum atomic E-state index is 11.9. The first-order valence-electron chi connectivity index (χ1n) is 7.72. The first kappa shape index (κ1) is 17.1. The molecule has 2 N–H and O–H groups in total. The van der Waals surface area contributed by atoms with Crippen LogP contribution in [0.1, 0.15) is 5.82 Å². The molecule has 2 aromatic carbocycles. The molecule has 8 heteroatoms. The number of imidazole rings is 1. The number of rotatable bonds is 4. The second-order valence-corrected chi connectivity index (χ2v) is 7.34. The second kappa shape index (κ2) is 7.15. The summed E-state index contributed by atoms with van der Waals surface area (Å²) >= 11 is 13.4. The normalized spacial score (nSPS) is 11.2. The van der Waals surface area contributed by atoms with E-state index >= 15 is 0 Å². The van der Waals surface area contributed by atoms with Crippen LogP contribution in [0.2, 0.25) is 10.0 Å². The minimum atomic E-state index is -0.190. The van der Waals surface area contributed by atoms with Gasteiger partial charge in [0.25, 0.3) is 5.56 Å². The van der Waals surface area contributed by atoms with Gasteiger partial charge < -0.3 is 9.97 Å². The predicted molar refractivity (Wildman–Crippen MR) is 106 cm³/mol. The Balaban J connectivity index is 1.58. The summed E-state index contributed by atoms with van der Waals surface area (Å²) in [4.78, 5) is 26.9. The van der Waals surface area contributed by atoms with Crippen LogP contribution in [0.4, 0.5) is 0 Å². The van der Waals surface area contributed by atoms with E-state index in [4.69, 9.17) is 23.2 Å². The van der Waals surface area contributed by atoms with Crippen LogP contribution in [-0.4, -0.2) is 19.9 Å². The third-order valence-corrected chi connectivity index (χ3v) is 5.31. The molecule has 0 aliphatic heterocycles. The van der Waals surface area contributed by atoms with Crippen molar-refractivity contribution in [2.24, 2.45) is 0 Å². The van der Waals surface area contributed by atoms with Crippen LogP contribution in [0.25, 0.3) is 22.3 Å². The van der Waals surface area contributed by atoms with Gasteiger partial charge in [-0.3, -0.25) is 4.79 Å². The summed E-state index contributed by atoms with van der Waals surface area (Å²) in [6.45, 7) is 0. The van der Waals surface area contributed by atoms with E-state index in [0.29, 0.717) is 26.6 Å². The summed E-state index contributed by atoms with van der Waals surface area (Å²) in [6, 6.07) is 14.5. The van der Waals surface area contributed by atoms with E-state index < -0.39 is 0 Å². The van der Waals surface area contributed by atoms with Gasteiger partial charge >= 0.3 is 0 Å². The summed E-state index contributed by atoms with van der Waals surface area (Å²) in [5.74, 6) is 1.27. The predicted octanol–water partition coefficient (Wildman–Crippen LogP) is 4.91. The van der Waals surface area contributed by atoms with Gasteiger partial charge in [-0.2, -0.15) is 0 Å². The highest BCUT2D eigenvalue weighted by Crippen LogP contribution is 2.28. The largest absolute Gasteiger partial charge is 0.341 e. The molecular formula is C18H12Cl2N4OS. The molecule has 2 aromatic heterocycles. The van der Waals surface area contributed by atoms with Crippen LogP contribution in [0.3, 0.4) is 0 Å². The number of thioether (sulfide) groups is 1. The van der Waals surface area contributed by atoms with Crippen LogP contribution in [0.5, 0.6) is 0 Å². The quantitative estimate of drug-likeness (QED) is 0.375. The minimum Gasteiger partial charge on any atom is -0.341 e. The second-order valence-electron chi connectivity index (χ2n) is 5.56. The monoisotopic (exact) mass is 402 g/mol. The zero-order valence-corrected chi connectivity index (χ0v) is 15.6. The number of halogens is 2. The maximum Gasteiger partial charge on any atom is 0.252 e. The van der Waals surface area contributed by atoms with Gasteiger partial charge in [0.15, 0.2) is 5.16 Å². The average Bonchev–Trinajstić information content (AvgIpc) is 3.02. The Morgan fingerprint density at radius 1 is 0.962 bits per heavy atom. The number of nitrogens with zero attached hydrogens (tertiary/aromatic N) is 2. The lowest BCUT2D eigenvalue weighted by Crippen LogP contribution is -2.08. The van der Waals surface area contributed by atoms with E-state index in [1.807, 2.05) is 30.3 Å². The molecule has 0 bridgehead atoms. The Labute approximate surface area is 162 Å². The van der Waals surface area contributed by atoms with Gasteiger partial charge in [-0.1, -0.05) is 65.3 Å². The van der Waals surface area contributed by atoms with Gasteiger partial charge in [-0.25, -0.2) is 9.97 Å². The molecule has 5 nitrogen and oxygen atoms in total. The number of aromatic amines is 2. The third kappa shape index (κ3) is 3.62. The standard InChI is InChI=1S/C18H12Cl2N4OS/c19-11-6-14-15(7-12(11)20)22-16(21-14)9-26-18-23-13(8-17(25)24-18)10-4-2-1-3-5-10/h1-8H,9H2,(H,21,22)(H,23,24,25). The van der Waals surface area contributed by atoms with E-state index in [1.165, 1.54) is 17.8 Å². The molecule has 0 spiro atoms. The van der Waals surface area contributed by atoms with Crippen molar-refractivity contribution in [3.05, 3.63) is 74.8 Å². The maximum absolute atomic E-state index is 11.9. The molecule has 0 saturated heterocycles. The van der Waals surface area contributed by atoms with Crippen molar-refractivity contribution in [1.29, 1.82) is 0 Å². The third-order valence-electron chi connectivity index (χ3n) is 3.71. The van der Waals surface area contributed by atoms with Crippen LogP contribution in [0, 0.1) is 0 Å². The van der Waals surface area contributed by atoms with Crippen molar-refractivity contribution in [2.75, 3.05) is 0 Å². The van der Waals surface area contributed by atoms with Crippen molar-refractivity contribution >= 4 is 46.0 Å². The van der Waals surface area contributed by atoms with Gasteiger partial charge in [0.1, 0.15) is 5.82 Å². The lowest BCUT2D eigenvalue weighted by molar-refractivity contribution is 0.939. The molecule has 26 heavy (non-hydrogen) atoms. The number of hydrogen-bond donors (Lipinski definition) is 2. The average molecular weight is 403 g/mol. The number of H-pyrrole nitrogens is 2. The fourth-order valence-electron chi connectivity index (χ4n) is 2.52. The molecule has 130 valence electrons. The highest BCUT2D eigenvalue weighted by Gasteiger charge is 2.09. The first-order chi connectivity index (χ1) is 12.6. The van der Waals surface area contributed by atoms with Crippen molar-refractivity contribution in [2.45, 2.75) is 10.9 Å². The summed E-state index contributed by atoms with van der Waals surface area (Å²) in [7, 11) is 0. The molecular weight excluding hydrogens is 391 g/mol. The number of fused-ring (bicyclic) bond motifs is 1. The summed E-state index contributed by atoms with van der Waals surface area (Å²) < 4.78 is 0. The molecule has 0 unspecified atom stereocenters. The Bertz CT molecular complexity index is 1100. The van der Waals surface area contributed by atoms with E-state index in [-0.39, 0.29) is 5.56 Å². The number of aromatic nitrogens is 4. The molecule has 0 radical (unpaired) electrons. The first-order valence-corrected chi connectivity index (χ1v) is 9.46. The minimum absolute atomic E-state index is 0.190. The zero-order chi connectivity index (χ0) is 18.1. The van der Waals surface area contributed by atoms with Crippen molar-refractivity contribution in [3.8, 4) is 11.3 Å². The van der Waals surface area contributed by atoms with Gasteiger partial charge in [0.2, 0.25) is 0 Å². The number of hydrogen-bond acceptors (Lipinski definition) is 4. The topological polar surface area (TPSA) is 74.4 Å². The molecule has 0 aliphatic carbocycles.